The van der Waals surface area contributed by atoms with Gasteiger partial charge in [0.15, 0.2) is 23.3 Å². The fourth-order valence-corrected chi connectivity index (χ4v) is 8.17. The molecule has 7 aromatic carbocycles. The summed E-state index contributed by atoms with van der Waals surface area (Å²) in [5, 5.41) is 2.42. The average molecular weight is 722 g/mol. The zero-order valence-electron chi connectivity index (χ0n) is 29.5. The van der Waals surface area contributed by atoms with Crippen LogP contribution in [0.25, 0.3) is 99.4 Å². The summed E-state index contributed by atoms with van der Waals surface area (Å²) in [6, 6.07) is 64.5. The van der Waals surface area contributed by atoms with Gasteiger partial charge in [-0.25, -0.2) is 24.9 Å². The van der Waals surface area contributed by atoms with Crippen LogP contribution >= 0.6 is 11.3 Å². The van der Waals surface area contributed by atoms with Gasteiger partial charge in [0, 0.05) is 53.6 Å². The molecular weight excluding hydrogens is 691 g/mol. The van der Waals surface area contributed by atoms with Crippen molar-refractivity contribution in [3.05, 3.63) is 188 Å². The van der Waals surface area contributed by atoms with Gasteiger partial charge in [-0.15, -0.1) is 11.3 Å². The van der Waals surface area contributed by atoms with E-state index in [0.29, 0.717) is 23.3 Å². The van der Waals surface area contributed by atoms with Gasteiger partial charge in [0.1, 0.15) is 0 Å². The Morgan fingerprint density at radius 3 is 1.35 bits per heavy atom. The molecule has 0 fully saturated rings. The first-order chi connectivity index (χ1) is 27.2. The van der Waals surface area contributed by atoms with Crippen LogP contribution in [0.5, 0.6) is 0 Å². The molecule has 10 aromatic rings. The molecule has 0 bridgehead atoms. The molecule has 10 rings (SSSR count). The molecule has 6 heteroatoms. The molecule has 0 aliphatic heterocycles. The summed E-state index contributed by atoms with van der Waals surface area (Å²) >= 11 is 1.78. The molecule has 5 nitrogen and oxygen atoms in total. The van der Waals surface area contributed by atoms with Crippen LogP contribution in [0, 0.1) is 0 Å². The quantitative estimate of drug-likeness (QED) is 0.164. The third-order valence-electron chi connectivity index (χ3n) is 9.75. The minimum atomic E-state index is 0.612. The van der Waals surface area contributed by atoms with Gasteiger partial charge in [0.25, 0.3) is 0 Å². The smallest absolute Gasteiger partial charge is 0.164 e. The molecule has 0 saturated heterocycles. The van der Waals surface area contributed by atoms with Crippen molar-refractivity contribution in [2.24, 2.45) is 0 Å². The van der Waals surface area contributed by atoms with E-state index in [4.69, 9.17) is 24.9 Å². The Morgan fingerprint density at radius 2 is 0.745 bits per heavy atom. The van der Waals surface area contributed by atoms with Crippen molar-refractivity contribution in [3.8, 4) is 79.2 Å². The molecule has 0 spiro atoms. The second kappa shape index (κ2) is 14.0. The number of aromatic nitrogens is 5. The summed E-state index contributed by atoms with van der Waals surface area (Å²) < 4.78 is 2.41. The van der Waals surface area contributed by atoms with Crippen molar-refractivity contribution in [1.82, 2.24) is 24.9 Å². The van der Waals surface area contributed by atoms with E-state index in [9.17, 15) is 0 Å². The van der Waals surface area contributed by atoms with Gasteiger partial charge in [-0.05, 0) is 41.5 Å². The number of hydrogen-bond acceptors (Lipinski definition) is 6. The van der Waals surface area contributed by atoms with Gasteiger partial charge in [0.2, 0.25) is 0 Å². The van der Waals surface area contributed by atoms with Crippen LogP contribution in [0.2, 0.25) is 0 Å². The average Bonchev–Trinajstić information content (AvgIpc) is 3.64. The summed E-state index contributed by atoms with van der Waals surface area (Å²) in [7, 11) is 0. The van der Waals surface area contributed by atoms with Crippen LogP contribution < -0.4 is 0 Å². The van der Waals surface area contributed by atoms with E-state index in [1.54, 1.807) is 11.3 Å². The molecule has 0 atom stereocenters. The third kappa shape index (κ3) is 6.35. The van der Waals surface area contributed by atoms with Crippen LogP contribution in [0.1, 0.15) is 0 Å². The van der Waals surface area contributed by atoms with Crippen LogP contribution in [0.4, 0.5) is 0 Å². The molecule has 0 radical (unpaired) electrons. The largest absolute Gasteiger partial charge is 0.228 e. The highest BCUT2D eigenvalue weighted by molar-refractivity contribution is 7.25. The zero-order valence-corrected chi connectivity index (χ0v) is 30.4. The van der Waals surface area contributed by atoms with Crippen LogP contribution in [0.15, 0.2) is 188 Å². The Labute approximate surface area is 322 Å². The fourth-order valence-electron chi connectivity index (χ4n) is 7.04. The highest BCUT2D eigenvalue weighted by Crippen LogP contribution is 2.42. The lowest BCUT2D eigenvalue weighted by Crippen LogP contribution is -2.01. The van der Waals surface area contributed by atoms with Crippen molar-refractivity contribution < 1.29 is 0 Å². The Kier molecular flexibility index (Phi) is 8.28. The lowest BCUT2D eigenvalue weighted by atomic mass is 9.95. The molecule has 0 N–H and O–H groups in total. The van der Waals surface area contributed by atoms with Crippen LogP contribution in [-0.4, -0.2) is 24.9 Å². The normalized spacial score (nSPS) is 11.3. The Morgan fingerprint density at radius 1 is 0.273 bits per heavy atom. The molecule has 258 valence electrons. The topological polar surface area (TPSA) is 64.5 Å². The number of fused-ring (bicyclic) bond motifs is 3. The molecule has 0 aliphatic rings. The highest BCUT2D eigenvalue weighted by atomic mass is 32.1. The summed E-state index contributed by atoms with van der Waals surface area (Å²) in [6.07, 6.45) is 0. The van der Waals surface area contributed by atoms with Crippen molar-refractivity contribution in [3.63, 3.8) is 0 Å². The Bertz CT molecular complexity index is 2850. The zero-order chi connectivity index (χ0) is 36.6. The Hall–Kier alpha value is -7.15. The first kappa shape index (κ1) is 32.5. The van der Waals surface area contributed by atoms with Crippen LogP contribution in [0.3, 0.4) is 0 Å². The molecule has 0 unspecified atom stereocenters. The van der Waals surface area contributed by atoms with E-state index >= 15 is 0 Å². The predicted octanol–water partition coefficient (Wildman–Crippen LogP) is 12.7. The molecule has 3 heterocycles. The number of hydrogen-bond donors (Lipinski definition) is 0. The molecule has 0 amide bonds. The Balaban J connectivity index is 1.20. The summed E-state index contributed by atoms with van der Waals surface area (Å²) in [6.45, 7) is 0. The number of nitrogens with zero attached hydrogens (tertiary/aromatic N) is 5. The van der Waals surface area contributed by atoms with Crippen molar-refractivity contribution in [2.45, 2.75) is 0 Å². The first-order valence-corrected chi connectivity index (χ1v) is 19.0. The molecular formula is C49H31N5S. The molecule has 0 aliphatic carbocycles. The van der Waals surface area contributed by atoms with E-state index in [0.717, 1.165) is 55.9 Å². The standard InChI is InChI=1S/C49H31N5S/c1-5-16-32(17-6-1)42-31-43(33-18-7-2-8-19-33)51-48(50-42)37-25-15-24-36(28-37)39-29-40-38-26-13-14-27-44(38)55-45(40)30-41(39)49-53-46(34-20-9-3-10-21-34)52-47(54-49)35-22-11-4-12-23-35/h1-31H. The monoisotopic (exact) mass is 721 g/mol. The highest BCUT2D eigenvalue weighted by Gasteiger charge is 2.20. The molecule has 3 aromatic heterocycles. The number of rotatable bonds is 7. The van der Waals surface area contributed by atoms with Gasteiger partial charge in [-0.3, -0.25) is 0 Å². The van der Waals surface area contributed by atoms with Crippen molar-refractivity contribution >= 4 is 31.5 Å². The predicted molar refractivity (Wildman–Crippen MR) is 226 cm³/mol. The lowest BCUT2D eigenvalue weighted by molar-refractivity contribution is 1.07. The van der Waals surface area contributed by atoms with E-state index in [1.807, 2.05) is 97.1 Å². The summed E-state index contributed by atoms with van der Waals surface area (Å²) in [5.41, 5.74) is 9.55. The number of benzene rings is 7. The second-order valence-corrected chi connectivity index (χ2v) is 14.4. The van der Waals surface area contributed by atoms with Gasteiger partial charge in [-0.2, -0.15) is 0 Å². The maximum atomic E-state index is 5.17. The first-order valence-electron chi connectivity index (χ1n) is 18.2. The fraction of sp³-hybridized carbons (Fsp3) is 0. The van der Waals surface area contributed by atoms with Gasteiger partial charge < -0.3 is 0 Å². The van der Waals surface area contributed by atoms with Gasteiger partial charge >= 0.3 is 0 Å². The van der Waals surface area contributed by atoms with E-state index in [-0.39, 0.29) is 0 Å². The summed E-state index contributed by atoms with van der Waals surface area (Å²) in [4.78, 5) is 25.6. The molecule has 0 saturated carbocycles. The van der Waals surface area contributed by atoms with E-state index in [2.05, 4.69) is 91.0 Å². The SMILES string of the molecule is c1ccc(-c2cc(-c3ccccc3)nc(-c3cccc(-c4cc5c(cc4-c4nc(-c6ccccc6)nc(-c6ccccc6)n4)sc4ccccc45)c3)n2)cc1. The van der Waals surface area contributed by atoms with E-state index in [1.165, 1.54) is 20.2 Å². The van der Waals surface area contributed by atoms with Crippen LogP contribution in [-0.2, 0) is 0 Å². The maximum absolute atomic E-state index is 5.17. The van der Waals surface area contributed by atoms with Crippen molar-refractivity contribution in [2.75, 3.05) is 0 Å². The van der Waals surface area contributed by atoms with Crippen molar-refractivity contribution in [1.29, 1.82) is 0 Å². The van der Waals surface area contributed by atoms with Gasteiger partial charge in [-0.1, -0.05) is 158 Å². The molecule has 55 heavy (non-hydrogen) atoms. The maximum Gasteiger partial charge on any atom is 0.164 e. The van der Waals surface area contributed by atoms with Gasteiger partial charge in [0.05, 0.1) is 11.4 Å². The van der Waals surface area contributed by atoms with E-state index < -0.39 is 0 Å². The minimum absolute atomic E-state index is 0.612. The summed E-state index contributed by atoms with van der Waals surface area (Å²) in [5.74, 6) is 2.52. The number of thiophene rings is 1. The second-order valence-electron chi connectivity index (χ2n) is 13.3. The third-order valence-corrected chi connectivity index (χ3v) is 10.9. The lowest BCUT2D eigenvalue weighted by Gasteiger charge is -2.14. The minimum Gasteiger partial charge on any atom is -0.228 e.